The Morgan fingerprint density at radius 2 is 1.91 bits per heavy atom. The van der Waals surface area contributed by atoms with E-state index in [0.29, 0.717) is 29.6 Å². The van der Waals surface area contributed by atoms with Crippen molar-refractivity contribution >= 4 is 28.8 Å². The Morgan fingerprint density at radius 3 is 2.62 bits per heavy atom. The van der Waals surface area contributed by atoms with Crippen LogP contribution in [0.25, 0.3) is 10.4 Å². The zero-order chi connectivity index (χ0) is 24.0. The van der Waals surface area contributed by atoms with Crippen molar-refractivity contribution in [1.82, 2.24) is 15.2 Å². The number of hydrogen-bond donors (Lipinski definition) is 1. The Bertz CT molecular complexity index is 1230. The molecule has 1 aromatic heterocycles. The summed E-state index contributed by atoms with van der Waals surface area (Å²) in [4.78, 5) is 36.0. The summed E-state index contributed by atoms with van der Waals surface area (Å²) in [5.74, 6) is 0.865. The molecule has 5 rings (SSSR count). The highest BCUT2D eigenvalue weighted by Crippen LogP contribution is 2.50. The first-order valence-corrected chi connectivity index (χ1v) is 12.5. The number of nitrogens with one attached hydrogen (secondary N) is 1. The summed E-state index contributed by atoms with van der Waals surface area (Å²) < 4.78 is 0. The molecule has 2 aliphatic rings. The van der Waals surface area contributed by atoms with Crippen molar-refractivity contribution in [3.63, 3.8) is 0 Å². The molecule has 1 N–H and O–H groups in total. The minimum atomic E-state index is -0.105. The number of piperidine rings is 1. The molecule has 2 fully saturated rings. The number of rotatable bonds is 6. The molecule has 2 aromatic carbocycles. The summed E-state index contributed by atoms with van der Waals surface area (Å²) in [6.45, 7) is 5.20. The van der Waals surface area contributed by atoms with Crippen LogP contribution in [-0.4, -0.2) is 54.9 Å². The van der Waals surface area contributed by atoms with Crippen LogP contribution in [0.3, 0.4) is 0 Å². The number of aromatic nitrogens is 1. The fourth-order valence-corrected chi connectivity index (χ4v) is 5.87. The number of thiazole rings is 1. The molecule has 2 amide bonds. The molecule has 7 heteroatoms. The van der Waals surface area contributed by atoms with Gasteiger partial charge in [0.1, 0.15) is 5.69 Å². The van der Waals surface area contributed by atoms with Gasteiger partial charge in [-0.15, -0.1) is 11.3 Å². The molecular formula is C27H30N4O2S. The molecule has 0 bridgehead atoms. The van der Waals surface area contributed by atoms with Crippen LogP contribution in [0.15, 0.2) is 48.5 Å². The number of anilines is 1. The zero-order valence-corrected chi connectivity index (χ0v) is 20.9. The third kappa shape index (κ3) is 4.32. The number of likely N-dealkylation sites (tertiary alicyclic amines) is 1. The number of amides is 2. The third-order valence-electron chi connectivity index (χ3n) is 6.90. The molecule has 1 saturated heterocycles. The lowest BCUT2D eigenvalue weighted by Gasteiger charge is -2.27. The third-order valence-corrected chi connectivity index (χ3v) is 7.92. The van der Waals surface area contributed by atoms with Crippen LogP contribution in [0.2, 0.25) is 0 Å². The topological polar surface area (TPSA) is 65.5 Å². The second-order valence-corrected chi connectivity index (χ2v) is 10.8. The second-order valence-electron chi connectivity index (χ2n) is 9.62. The maximum Gasteiger partial charge on any atom is 0.274 e. The maximum absolute atomic E-state index is 13.7. The smallest absolute Gasteiger partial charge is 0.274 e. The Hall–Kier alpha value is -3.19. The van der Waals surface area contributed by atoms with Crippen LogP contribution in [0.4, 0.5) is 5.69 Å². The van der Waals surface area contributed by atoms with Gasteiger partial charge in [-0.05, 0) is 61.9 Å². The highest BCUT2D eigenvalue weighted by Gasteiger charge is 2.54. The number of carbonyl (C=O) groups excluding carboxylic acids is 2. The Kier molecular flexibility index (Phi) is 5.90. The van der Waals surface area contributed by atoms with Gasteiger partial charge in [0.05, 0.1) is 15.9 Å². The van der Waals surface area contributed by atoms with Crippen molar-refractivity contribution in [3.05, 3.63) is 70.4 Å². The molecule has 0 radical (unpaired) electrons. The van der Waals surface area contributed by atoms with Gasteiger partial charge in [0.2, 0.25) is 0 Å². The average Bonchev–Trinajstić information content (AvgIpc) is 3.33. The van der Waals surface area contributed by atoms with Crippen LogP contribution in [0.5, 0.6) is 0 Å². The Labute approximate surface area is 204 Å². The van der Waals surface area contributed by atoms with E-state index in [1.54, 1.807) is 11.3 Å². The van der Waals surface area contributed by atoms with Crippen molar-refractivity contribution in [1.29, 1.82) is 0 Å². The van der Waals surface area contributed by atoms with E-state index in [0.717, 1.165) is 39.7 Å². The fraction of sp³-hybridized carbons (Fsp3) is 0.370. The van der Waals surface area contributed by atoms with Crippen molar-refractivity contribution in [2.45, 2.75) is 26.3 Å². The zero-order valence-electron chi connectivity index (χ0n) is 20.0. The van der Waals surface area contributed by atoms with Crippen LogP contribution in [0.1, 0.15) is 37.8 Å². The number of carbonyl (C=O) groups is 2. The van der Waals surface area contributed by atoms with Gasteiger partial charge in [-0.25, -0.2) is 4.98 Å². The van der Waals surface area contributed by atoms with Gasteiger partial charge in [-0.1, -0.05) is 29.8 Å². The van der Waals surface area contributed by atoms with Gasteiger partial charge in [-0.3, -0.25) is 9.59 Å². The van der Waals surface area contributed by atoms with Gasteiger partial charge in [-0.2, -0.15) is 0 Å². The van der Waals surface area contributed by atoms with E-state index in [1.807, 2.05) is 67.2 Å². The molecule has 1 aliphatic carbocycles. The van der Waals surface area contributed by atoms with Gasteiger partial charge in [0, 0.05) is 38.4 Å². The summed E-state index contributed by atoms with van der Waals surface area (Å²) in [5, 5.41) is 3.96. The highest BCUT2D eigenvalue weighted by molar-refractivity contribution is 7.15. The van der Waals surface area contributed by atoms with E-state index in [2.05, 4.69) is 29.4 Å². The normalized spacial score (nSPS) is 20.7. The van der Waals surface area contributed by atoms with Crippen LogP contribution < -0.4 is 10.2 Å². The maximum atomic E-state index is 13.7. The van der Waals surface area contributed by atoms with Gasteiger partial charge in [0.15, 0.2) is 0 Å². The fourth-order valence-electron chi connectivity index (χ4n) is 4.97. The molecule has 3 atom stereocenters. The van der Waals surface area contributed by atoms with Gasteiger partial charge in [0.25, 0.3) is 11.8 Å². The van der Waals surface area contributed by atoms with Crippen LogP contribution in [0, 0.1) is 25.7 Å². The van der Waals surface area contributed by atoms with Gasteiger partial charge >= 0.3 is 0 Å². The largest absolute Gasteiger partial charge is 0.378 e. The highest BCUT2D eigenvalue weighted by atomic mass is 32.1. The number of fused-ring (bicyclic) bond motifs is 1. The van der Waals surface area contributed by atoms with E-state index < -0.39 is 0 Å². The summed E-state index contributed by atoms with van der Waals surface area (Å²) in [6.07, 6.45) is 1.13. The number of nitrogens with zero attached hydrogens (tertiary/aromatic N) is 3. The summed E-state index contributed by atoms with van der Waals surface area (Å²) in [6, 6.07) is 15.8. The molecule has 1 saturated carbocycles. The number of aryl methyl sites for hydroxylation is 2. The first-order valence-electron chi connectivity index (χ1n) is 11.7. The van der Waals surface area contributed by atoms with Crippen molar-refractivity contribution in [2.24, 2.45) is 11.8 Å². The Morgan fingerprint density at radius 1 is 1.15 bits per heavy atom. The lowest BCUT2D eigenvalue weighted by molar-refractivity contribution is 0.0690. The van der Waals surface area contributed by atoms with Gasteiger partial charge < -0.3 is 15.1 Å². The van der Waals surface area contributed by atoms with Crippen molar-refractivity contribution < 1.29 is 9.59 Å². The molecule has 6 nitrogen and oxygen atoms in total. The molecule has 34 heavy (non-hydrogen) atoms. The predicted octanol–water partition coefficient (Wildman–Crippen LogP) is 4.38. The van der Waals surface area contributed by atoms with E-state index in [1.165, 1.54) is 0 Å². The standard InChI is InChI=1S/C27H30N4O2S/c1-16-6-5-7-19(12-16)25-24(29-17(2)34-25)27(33)31-15-20-13-22(20)23(31)14-28-26(32)18-8-10-21(11-9-18)30(3)4/h5-12,20,22-23H,13-15H2,1-4H3,(H,28,32)/t20-,22-,23-/m1/s1. The molecule has 1 aliphatic heterocycles. The monoisotopic (exact) mass is 474 g/mol. The first kappa shape index (κ1) is 22.6. The van der Waals surface area contributed by atoms with Crippen LogP contribution >= 0.6 is 11.3 Å². The summed E-state index contributed by atoms with van der Waals surface area (Å²) in [5.41, 5.74) is 4.40. The molecule has 0 spiro atoms. The van der Waals surface area contributed by atoms with E-state index in [4.69, 9.17) is 0 Å². The molecular weight excluding hydrogens is 444 g/mol. The molecule has 2 heterocycles. The van der Waals surface area contributed by atoms with E-state index in [9.17, 15) is 9.59 Å². The minimum absolute atomic E-state index is 0.00913. The molecule has 0 unspecified atom stereocenters. The summed E-state index contributed by atoms with van der Waals surface area (Å²) in [7, 11) is 3.95. The lowest BCUT2D eigenvalue weighted by atomic mass is 10.1. The minimum Gasteiger partial charge on any atom is -0.378 e. The van der Waals surface area contributed by atoms with E-state index in [-0.39, 0.29) is 17.9 Å². The van der Waals surface area contributed by atoms with Crippen molar-refractivity contribution in [2.75, 3.05) is 32.1 Å². The first-order chi connectivity index (χ1) is 16.3. The summed E-state index contributed by atoms with van der Waals surface area (Å²) >= 11 is 1.56. The predicted molar refractivity (Wildman–Crippen MR) is 137 cm³/mol. The lowest BCUT2D eigenvalue weighted by Crippen LogP contribution is -2.45. The number of benzene rings is 2. The molecule has 176 valence electrons. The van der Waals surface area contributed by atoms with E-state index >= 15 is 0 Å². The molecule has 3 aromatic rings. The SMILES string of the molecule is Cc1cccc(-c2sc(C)nc2C(=O)N2C[C@H]3C[C@H]3[C@H]2CNC(=O)c2ccc(N(C)C)cc2)c1. The van der Waals surface area contributed by atoms with Crippen molar-refractivity contribution in [3.8, 4) is 10.4 Å². The number of hydrogen-bond acceptors (Lipinski definition) is 5. The second kappa shape index (κ2) is 8.87. The van der Waals surface area contributed by atoms with Crippen LogP contribution in [-0.2, 0) is 0 Å². The Balaban J connectivity index is 1.32. The quantitative estimate of drug-likeness (QED) is 0.576. The average molecular weight is 475 g/mol.